The maximum absolute atomic E-state index is 11.2. The SMILES string of the molecule is O=CNc1nc(C(=NOC2C=CCC2)C(=O)O)c(Cl)s1. The number of allylic oxidation sites excluding steroid dienone is 1. The lowest BCUT2D eigenvalue weighted by Crippen LogP contribution is -2.17. The van der Waals surface area contributed by atoms with Crippen molar-refractivity contribution >= 4 is 46.2 Å². The van der Waals surface area contributed by atoms with Crippen molar-refractivity contribution < 1.29 is 19.5 Å². The third-order valence-electron chi connectivity index (χ3n) is 2.44. The van der Waals surface area contributed by atoms with Crippen molar-refractivity contribution in [2.24, 2.45) is 5.16 Å². The molecule has 0 radical (unpaired) electrons. The van der Waals surface area contributed by atoms with Crippen LogP contribution in [0, 0.1) is 0 Å². The minimum Gasteiger partial charge on any atom is -0.476 e. The van der Waals surface area contributed by atoms with E-state index in [1.165, 1.54) is 0 Å². The molecule has 9 heteroatoms. The van der Waals surface area contributed by atoms with Gasteiger partial charge in [-0.1, -0.05) is 34.2 Å². The van der Waals surface area contributed by atoms with Crippen molar-refractivity contribution in [3.05, 3.63) is 22.2 Å². The van der Waals surface area contributed by atoms with Gasteiger partial charge in [0.25, 0.3) is 0 Å². The molecule has 1 aromatic rings. The Kier molecular flexibility index (Phi) is 4.70. The van der Waals surface area contributed by atoms with Crippen LogP contribution in [-0.4, -0.2) is 34.3 Å². The Morgan fingerprint density at radius 1 is 1.70 bits per heavy atom. The maximum Gasteiger partial charge on any atom is 0.360 e. The van der Waals surface area contributed by atoms with Crippen LogP contribution in [0.3, 0.4) is 0 Å². The third-order valence-corrected chi connectivity index (χ3v) is 3.63. The Morgan fingerprint density at radius 2 is 2.50 bits per heavy atom. The molecule has 0 spiro atoms. The molecule has 1 aliphatic rings. The highest BCUT2D eigenvalue weighted by atomic mass is 35.5. The molecule has 1 unspecified atom stereocenters. The summed E-state index contributed by atoms with van der Waals surface area (Å²) in [5.41, 5.74) is -0.430. The zero-order chi connectivity index (χ0) is 14.5. The predicted octanol–water partition coefficient (Wildman–Crippen LogP) is 1.89. The first-order chi connectivity index (χ1) is 9.61. The number of carboxylic acids is 1. The number of oxime groups is 1. The number of anilines is 1. The molecule has 2 N–H and O–H groups in total. The molecule has 0 bridgehead atoms. The van der Waals surface area contributed by atoms with Gasteiger partial charge in [-0.2, -0.15) is 0 Å². The summed E-state index contributed by atoms with van der Waals surface area (Å²) in [6, 6.07) is 0. The van der Waals surface area contributed by atoms with Gasteiger partial charge in [-0.3, -0.25) is 4.79 Å². The molecule has 0 saturated heterocycles. The van der Waals surface area contributed by atoms with Crippen LogP contribution in [0.25, 0.3) is 0 Å². The summed E-state index contributed by atoms with van der Waals surface area (Å²) in [6.07, 6.45) is 5.55. The van der Waals surface area contributed by atoms with Crippen LogP contribution in [0.4, 0.5) is 5.13 Å². The normalized spacial score (nSPS) is 18.1. The number of halogens is 1. The van der Waals surface area contributed by atoms with Crippen LogP contribution in [0.2, 0.25) is 4.34 Å². The van der Waals surface area contributed by atoms with Crippen molar-refractivity contribution in [3.8, 4) is 0 Å². The fourth-order valence-corrected chi connectivity index (χ4v) is 2.56. The molecular weight excluding hydrogens is 306 g/mol. The molecule has 1 amide bonds. The number of carbonyl (C=O) groups excluding carboxylic acids is 1. The van der Waals surface area contributed by atoms with Crippen molar-refractivity contribution in [1.82, 2.24) is 4.98 Å². The lowest BCUT2D eigenvalue weighted by Gasteiger charge is -2.05. The molecule has 1 aromatic heterocycles. The highest BCUT2D eigenvalue weighted by molar-refractivity contribution is 7.20. The molecule has 0 aliphatic heterocycles. The van der Waals surface area contributed by atoms with Gasteiger partial charge in [0.2, 0.25) is 12.1 Å². The average Bonchev–Trinajstić information content (AvgIpc) is 3.01. The molecule has 7 nitrogen and oxygen atoms in total. The van der Waals surface area contributed by atoms with E-state index in [1.807, 2.05) is 12.2 Å². The largest absolute Gasteiger partial charge is 0.476 e. The molecule has 20 heavy (non-hydrogen) atoms. The summed E-state index contributed by atoms with van der Waals surface area (Å²) >= 11 is 6.84. The van der Waals surface area contributed by atoms with Gasteiger partial charge >= 0.3 is 5.97 Å². The van der Waals surface area contributed by atoms with Gasteiger partial charge in [0.1, 0.15) is 16.1 Å². The van der Waals surface area contributed by atoms with E-state index in [-0.39, 0.29) is 21.3 Å². The molecule has 1 heterocycles. The number of hydrogen-bond donors (Lipinski definition) is 2. The van der Waals surface area contributed by atoms with E-state index in [1.54, 1.807) is 0 Å². The van der Waals surface area contributed by atoms with E-state index < -0.39 is 11.7 Å². The number of rotatable bonds is 6. The quantitative estimate of drug-likeness (QED) is 0.361. The van der Waals surface area contributed by atoms with Crippen LogP contribution in [0.15, 0.2) is 17.3 Å². The fourth-order valence-electron chi connectivity index (χ4n) is 1.56. The lowest BCUT2D eigenvalue weighted by molar-refractivity contribution is -0.129. The minimum absolute atomic E-state index is 0.0320. The number of aliphatic carboxylic acids is 1. The molecule has 106 valence electrons. The van der Waals surface area contributed by atoms with E-state index in [9.17, 15) is 9.59 Å². The topological polar surface area (TPSA) is 101 Å². The fraction of sp³-hybridized carbons (Fsp3) is 0.273. The second-order valence-electron chi connectivity index (χ2n) is 3.80. The number of aromatic nitrogens is 1. The van der Waals surface area contributed by atoms with E-state index in [0.29, 0.717) is 6.41 Å². The number of nitrogens with zero attached hydrogens (tertiary/aromatic N) is 2. The van der Waals surface area contributed by atoms with Gasteiger partial charge in [0.15, 0.2) is 5.13 Å². The van der Waals surface area contributed by atoms with Gasteiger partial charge in [-0.25, -0.2) is 9.78 Å². The van der Waals surface area contributed by atoms with E-state index in [2.05, 4.69) is 15.5 Å². The summed E-state index contributed by atoms with van der Waals surface area (Å²) in [6.45, 7) is 0. The van der Waals surface area contributed by atoms with Crippen LogP contribution in [-0.2, 0) is 14.4 Å². The predicted molar refractivity (Wildman–Crippen MR) is 74.2 cm³/mol. The summed E-state index contributed by atoms with van der Waals surface area (Å²) in [7, 11) is 0. The van der Waals surface area contributed by atoms with Crippen molar-refractivity contribution in [2.75, 3.05) is 5.32 Å². The highest BCUT2D eigenvalue weighted by Crippen LogP contribution is 2.28. The van der Waals surface area contributed by atoms with Crippen molar-refractivity contribution in [3.63, 3.8) is 0 Å². The van der Waals surface area contributed by atoms with Crippen molar-refractivity contribution in [2.45, 2.75) is 18.9 Å². The number of thiazole rings is 1. The van der Waals surface area contributed by atoms with Crippen LogP contribution in [0.5, 0.6) is 0 Å². The molecule has 1 aliphatic carbocycles. The lowest BCUT2D eigenvalue weighted by atomic mass is 10.3. The average molecular weight is 316 g/mol. The number of hydrogen-bond acceptors (Lipinski definition) is 6. The van der Waals surface area contributed by atoms with Gasteiger partial charge in [-0.05, 0) is 18.9 Å². The first-order valence-electron chi connectivity index (χ1n) is 5.62. The monoisotopic (exact) mass is 315 g/mol. The molecule has 0 aromatic carbocycles. The Bertz CT molecular complexity index is 584. The summed E-state index contributed by atoms with van der Waals surface area (Å²) < 4.78 is 0.112. The van der Waals surface area contributed by atoms with Crippen LogP contribution >= 0.6 is 22.9 Å². The van der Waals surface area contributed by atoms with Gasteiger partial charge < -0.3 is 15.3 Å². The van der Waals surface area contributed by atoms with Gasteiger partial charge in [0.05, 0.1) is 0 Å². The Hall–Kier alpha value is -1.93. The van der Waals surface area contributed by atoms with Gasteiger partial charge in [0, 0.05) is 0 Å². The minimum atomic E-state index is -1.31. The van der Waals surface area contributed by atoms with E-state index in [4.69, 9.17) is 21.5 Å². The summed E-state index contributed by atoms with van der Waals surface area (Å²) in [5.74, 6) is -1.31. The third kappa shape index (κ3) is 3.34. The highest BCUT2D eigenvalue weighted by Gasteiger charge is 2.23. The molecular formula is C11H10ClN3O4S. The first-order valence-corrected chi connectivity index (χ1v) is 6.82. The molecule has 0 fully saturated rings. The second-order valence-corrected chi connectivity index (χ2v) is 5.40. The number of carbonyl (C=O) groups is 2. The zero-order valence-corrected chi connectivity index (χ0v) is 11.6. The Balaban J connectivity index is 2.23. The van der Waals surface area contributed by atoms with Crippen molar-refractivity contribution in [1.29, 1.82) is 0 Å². The number of amides is 1. The molecule has 2 rings (SSSR count). The number of nitrogens with one attached hydrogen (secondary N) is 1. The molecule has 1 atom stereocenters. The second kappa shape index (κ2) is 6.49. The molecule has 0 saturated carbocycles. The summed E-state index contributed by atoms with van der Waals surface area (Å²) in [5, 5.41) is 15.3. The summed E-state index contributed by atoms with van der Waals surface area (Å²) in [4.78, 5) is 30.6. The van der Waals surface area contributed by atoms with E-state index in [0.717, 1.165) is 24.2 Å². The smallest absolute Gasteiger partial charge is 0.360 e. The van der Waals surface area contributed by atoms with E-state index >= 15 is 0 Å². The standard InChI is InChI=1S/C11H10ClN3O4S/c12-9-7(14-11(20-9)13-5-16)8(10(17)18)15-19-6-3-1-2-4-6/h1,3,5-6H,2,4H2,(H,17,18)(H,13,14,16). The van der Waals surface area contributed by atoms with Gasteiger partial charge in [-0.15, -0.1) is 0 Å². The Labute approximate surface area is 122 Å². The maximum atomic E-state index is 11.2. The Morgan fingerprint density at radius 3 is 3.10 bits per heavy atom. The zero-order valence-electron chi connectivity index (χ0n) is 10.1. The number of carboxylic acid groups (broad SMARTS) is 1. The van der Waals surface area contributed by atoms with Crippen LogP contribution in [0.1, 0.15) is 18.5 Å². The first kappa shape index (κ1) is 14.5. The van der Waals surface area contributed by atoms with Crippen LogP contribution < -0.4 is 5.32 Å².